The number of nitrogens with zero attached hydrogens (tertiary/aromatic N) is 3. The average Bonchev–Trinajstić information content (AvgIpc) is 3.35. The molecule has 3 amide bonds. The van der Waals surface area contributed by atoms with Gasteiger partial charge in [-0.1, -0.05) is 51.1 Å². The van der Waals surface area contributed by atoms with E-state index in [1.165, 1.54) is 0 Å². The van der Waals surface area contributed by atoms with Crippen LogP contribution in [0, 0.1) is 5.41 Å². The molecule has 11 heteroatoms. The maximum atomic E-state index is 13.5. The third-order valence-corrected chi connectivity index (χ3v) is 6.80. The Morgan fingerprint density at radius 2 is 1.76 bits per heavy atom. The normalized spacial score (nSPS) is 19.2. The number of nitrogens with one attached hydrogen (secondary N) is 2. The minimum Gasteiger partial charge on any atom is -0.349 e. The van der Waals surface area contributed by atoms with Crippen LogP contribution >= 0.6 is 0 Å². The summed E-state index contributed by atoms with van der Waals surface area (Å²) in [6.07, 6.45) is 0.377. The first kappa shape index (κ1) is 27.2. The van der Waals surface area contributed by atoms with Gasteiger partial charge in [0.1, 0.15) is 6.04 Å². The first-order valence-electron chi connectivity index (χ1n) is 12.3. The quantitative estimate of drug-likeness (QED) is 0.529. The predicted molar refractivity (Wildman–Crippen MR) is 134 cm³/mol. The summed E-state index contributed by atoms with van der Waals surface area (Å²) in [5.41, 5.74) is 1.04. The van der Waals surface area contributed by atoms with Gasteiger partial charge in [0.25, 0.3) is 5.91 Å². The molecule has 2 aromatic heterocycles. The van der Waals surface area contributed by atoms with E-state index in [2.05, 4.69) is 10.3 Å². The standard InChI is InChI=1S/C27H30F3N5O3/c1-26(2,3)22(33-25(38)27(28,29)30)23(36)32-20-15-34(13-11-18(20)17-8-5-4-6-9-17)24(37)19-10-7-12-35-16-31-14-21(19)35/h4-10,12,14,16,18,20,22H,11,13,15H2,1-3H3,(H,32,36)(H,33,38)/t18-,20+,22+/m0/s1. The SMILES string of the molecule is CC(C)(C)[C@H](NC(=O)C(F)(F)F)C(=O)N[C@@H]1CN(C(=O)c2cccn3cncc23)CC[C@H]1c1ccccc1. The summed E-state index contributed by atoms with van der Waals surface area (Å²) in [7, 11) is 0. The molecule has 0 radical (unpaired) electrons. The van der Waals surface area contributed by atoms with E-state index in [9.17, 15) is 27.6 Å². The number of fused-ring (bicyclic) bond motifs is 1. The van der Waals surface area contributed by atoms with Crippen molar-refractivity contribution in [1.29, 1.82) is 0 Å². The minimum atomic E-state index is -5.13. The molecule has 1 aliphatic heterocycles. The number of aromatic nitrogens is 2. The Bertz CT molecular complexity index is 1320. The fourth-order valence-corrected chi connectivity index (χ4v) is 4.84. The number of rotatable bonds is 5. The molecule has 1 aliphatic rings. The number of alkyl halides is 3. The van der Waals surface area contributed by atoms with Gasteiger partial charge in [0.2, 0.25) is 5.91 Å². The van der Waals surface area contributed by atoms with Crippen molar-refractivity contribution in [3.63, 3.8) is 0 Å². The molecule has 8 nitrogen and oxygen atoms in total. The zero-order valence-electron chi connectivity index (χ0n) is 21.3. The van der Waals surface area contributed by atoms with Crippen molar-refractivity contribution >= 4 is 23.2 Å². The fourth-order valence-electron chi connectivity index (χ4n) is 4.84. The van der Waals surface area contributed by atoms with E-state index in [0.29, 0.717) is 24.0 Å². The fraction of sp³-hybridized carbons (Fsp3) is 0.407. The van der Waals surface area contributed by atoms with E-state index >= 15 is 0 Å². The van der Waals surface area contributed by atoms with Crippen LogP contribution < -0.4 is 10.6 Å². The van der Waals surface area contributed by atoms with Gasteiger partial charge >= 0.3 is 12.1 Å². The first-order chi connectivity index (χ1) is 17.9. The minimum absolute atomic E-state index is 0.142. The molecular formula is C27H30F3N5O3. The second kappa shape index (κ2) is 10.5. The Labute approximate surface area is 218 Å². The number of hydrogen-bond acceptors (Lipinski definition) is 4. The van der Waals surface area contributed by atoms with E-state index in [4.69, 9.17) is 0 Å². The Hall–Kier alpha value is -3.89. The molecule has 1 aromatic carbocycles. The Kier molecular flexibility index (Phi) is 7.48. The lowest BCUT2D eigenvalue weighted by Gasteiger charge is -2.41. The summed E-state index contributed by atoms with van der Waals surface area (Å²) in [5, 5.41) is 4.72. The molecule has 1 saturated heterocycles. The molecule has 2 N–H and O–H groups in total. The van der Waals surface area contributed by atoms with Crippen molar-refractivity contribution < 1.29 is 27.6 Å². The van der Waals surface area contributed by atoms with Crippen LogP contribution in [0.2, 0.25) is 0 Å². The third-order valence-electron chi connectivity index (χ3n) is 6.80. The average molecular weight is 530 g/mol. The number of likely N-dealkylation sites (tertiary alicyclic amines) is 1. The maximum absolute atomic E-state index is 13.5. The summed E-state index contributed by atoms with van der Waals surface area (Å²) in [6.45, 7) is 5.29. The lowest BCUT2D eigenvalue weighted by Crippen LogP contribution is -2.60. The van der Waals surface area contributed by atoms with Crippen LogP contribution in [0.25, 0.3) is 5.52 Å². The molecule has 38 heavy (non-hydrogen) atoms. The van der Waals surface area contributed by atoms with Gasteiger partial charge in [-0.3, -0.25) is 14.4 Å². The van der Waals surface area contributed by atoms with Crippen LogP contribution in [-0.2, 0) is 9.59 Å². The van der Waals surface area contributed by atoms with Crippen molar-refractivity contribution in [2.24, 2.45) is 5.41 Å². The van der Waals surface area contributed by atoms with Crippen molar-refractivity contribution in [1.82, 2.24) is 24.9 Å². The van der Waals surface area contributed by atoms with E-state index in [1.807, 2.05) is 35.6 Å². The molecule has 0 aliphatic carbocycles. The van der Waals surface area contributed by atoms with Gasteiger partial charge in [0.15, 0.2) is 0 Å². The highest BCUT2D eigenvalue weighted by Crippen LogP contribution is 2.31. The summed E-state index contributed by atoms with van der Waals surface area (Å²) in [4.78, 5) is 44.3. The molecule has 3 aromatic rings. The Balaban J connectivity index is 1.61. The second-order valence-corrected chi connectivity index (χ2v) is 10.6. The van der Waals surface area contributed by atoms with E-state index in [-0.39, 0.29) is 18.4 Å². The van der Waals surface area contributed by atoms with Crippen molar-refractivity contribution in [2.45, 2.75) is 51.4 Å². The van der Waals surface area contributed by atoms with Crippen molar-refractivity contribution in [3.8, 4) is 0 Å². The monoisotopic (exact) mass is 529 g/mol. The Morgan fingerprint density at radius 3 is 2.42 bits per heavy atom. The summed E-state index contributed by atoms with van der Waals surface area (Å²) in [6, 6.07) is 10.8. The van der Waals surface area contributed by atoms with Gasteiger partial charge < -0.3 is 19.9 Å². The largest absolute Gasteiger partial charge is 0.471 e. The zero-order valence-corrected chi connectivity index (χ0v) is 21.3. The van der Waals surface area contributed by atoms with Gasteiger partial charge in [-0.25, -0.2) is 4.98 Å². The van der Waals surface area contributed by atoms with Crippen LogP contribution in [0.15, 0.2) is 61.2 Å². The van der Waals surface area contributed by atoms with Crippen LogP contribution in [-0.4, -0.2) is 63.4 Å². The lowest BCUT2D eigenvalue weighted by atomic mass is 9.83. The number of imidazole rings is 1. The van der Waals surface area contributed by atoms with Crippen molar-refractivity contribution in [2.75, 3.05) is 13.1 Å². The van der Waals surface area contributed by atoms with Gasteiger partial charge in [0.05, 0.1) is 29.6 Å². The summed E-state index contributed by atoms with van der Waals surface area (Å²) in [5.74, 6) is -3.34. The number of piperidine rings is 1. The summed E-state index contributed by atoms with van der Waals surface area (Å²) >= 11 is 0. The molecule has 4 rings (SSSR count). The van der Waals surface area contributed by atoms with Gasteiger partial charge in [0, 0.05) is 25.2 Å². The molecule has 0 saturated carbocycles. The first-order valence-corrected chi connectivity index (χ1v) is 12.3. The number of carbonyl (C=O) groups excluding carboxylic acids is 3. The van der Waals surface area contributed by atoms with E-state index < -0.39 is 35.5 Å². The Morgan fingerprint density at radius 1 is 1.05 bits per heavy atom. The van der Waals surface area contributed by atoms with Crippen LogP contribution in [0.1, 0.15) is 49.0 Å². The lowest BCUT2D eigenvalue weighted by molar-refractivity contribution is -0.175. The molecule has 3 atom stereocenters. The van der Waals surface area contributed by atoms with Crippen LogP contribution in [0.5, 0.6) is 0 Å². The molecular weight excluding hydrogens is 499 g/mol. The van der Waals surface area contributed by atoms with Crippen LogP contribution in [0.4, 0.5) is 13.2 Å². The zero-order chi connectivity index (χ0) is 27.7. The van der Waals surface area contributed by atoms with E-state index in [1.54, 1.807) is 60.9 Å². The molecule has 3 heterocycles. The molecule has 0 bridgehead atoms. The number of amides is 3. The predicted octanol–water partition coefficient (Wildman–Crippen LogP) is 3.54. The highest BCUT2D eigenvalue weighted by atomic mass is 19.4. The number of halogens is 3. The smallest absolute Gasteiger partial charge is 0.349 e. The van der Waals surface area contributed by atoms with Gasteiger partial charge in [-0.05, 0) is 29.5 Å². The van der Waals surface area contributed by atoms with Crippen molar-refractivity contribution in [3.05, 3.63) is 72.3 Å². The number of carbonyl (C=O) groups is 3. The highest BCUT2D eigenvalue weighted by Gasteiger charge is 2.44. The number of benzene rings is 1. The van der Waals surface area contributed by atoms with Gasteiger partial charge in [-0.2, -0.15) is 13.2 Å². The third kappa shape index (κ3) is 5.81. The highest BCUT2D eigenvalue weighted by molar-refractivity contribution is 6.00. The molecule has 202 valence electrons. The summed E-state index contributed by atoms with van der Waals surface area (Å²) < 4.78 is 40.7. The number of hydrogen-bond donors (Lipinski definition) is 2. The van der Waals surface area contributed by atoms with Gasteiger partial charge in [-0.15, -0.1) is 0 Å². The topological polar surface area (TPSA) is 95.8 Å². The second-order valence-electron chi connectivity index (χ2n) is 10.6. The maximum Gasteiger partial charge on any atom is 0.471 e. The molecule has 1 fully saturated rings. The van der Waals surface area contributed by atoms with E-state index in [0.717, 1.165) is 5.56 Å². The number of pyridine rings is 1. The van der Waals surface area contributed by atoms with Crippen LogP contribution in [0.3, 0.4) is 0 Å². The molecule has 0 unspecified atom stereocenters. The molecule has 0 spiro atoms.